The van der Waals surface area contributed by atoms with E-state index in [1.54, 1.807) is 62.4 Å². The number of halogens is 1. The van der Waals surface area contributed by atoms with E-state index in [4.69, 9.17) is 4.74 Å². The lowest BCUT2D eigenvalue weighted by Crippen LogP contribution is -2.31. The number of rotatable bonds is 4. The number of ketones is 2. The average molecular weight is 427 g/mol. The molecule has 1 aliphatic carbocycles. The fourth-order valence-corrected chi connectivity index (χ4v) is 3.24. The van der Waals surface area contributed by atoms with Gasteiger partial charge in [0.2, 0.25) is 0 Å². The van der Waals surface area contributed by atoms with Gasteiger partial charge in [-0.25, -0.2) is 4.79 Å². The molecule has 1 aliphatic rings. The Morgan fingerprint density at radius 2 is 1.67 bits per heavy atom. The van der Waals surface area contributed by atoms with Crippen molar-refractivity contribution in [1.29, 1.82) is 0 Å². The summed E-state index contributed by atoms with van der Waals surface area (Å²) in [6, 6.07) is 14.1. The lowest BCUT2D eigenvalue weighted by atomic mass is 9.74. The van der Waals surface area contributed by atoms with Crippen LogP contribution in [-0.2, 0) is 20.9 Å². The maximum atomic E-state index is 12.6. The second kappa shape index (κ2) is 7.61. The van der Waals surface area contributed by atoms with Crippen LogP contribution < -0.4 is 0 Å². The Bertz CT molecular complexity index is 922. The van der Waals surface area contributed by atoms with Crippen molar-refractivity contribution in [3.63, 3.8) is 0 Å². The van der Waals surface area contributed by atoms with E-state index in [9.17, 15) is 14.4 Å². The second-order valence-electron chi connectivity index (χ2n) is 7.19. The van der Waals surface area contributed by atoms with Gasteiger partial charge in [-0.15, -0.1) is 0 Å². The van der Waals surface area contributed by atoms with Crippen molar-refractivity contribution >= 4 is 39.0 Å². The predicted octanol–water partition coefficient (Wildman–Crippen LogP) is 4.76. The summed E-state index contributed by atoms with van der Waals surface area (Å²) in [6.07, 6.45) is 1.66. The molecule has 0 atom stereocenters. The first kappa shape index (κ1) is 19.2. The van der Waals surface area contributed by atoms with Gasteiger partial charge in [0.15, 0.2) is 11.6 Å². The van der Waals surface area contributed by atoms with Crippen molar-refractivity contribution in [3.05, 3.63) is 75.8 Å². The largest absolute Gasteiger partial charge is 0.457 e. The second-order valence-corrected chi connectivity index (χ2v) is 8.11. The standard InChI is InChI=1S/C22H19BrO4/c1-22(2)12-18(24)11-19(20(22)25)15-5-3-14(4-6-15)13-27-21(26)16-7-9-17(23)10-8-16/h3-11H,12-13H2,1-2H3. The van der Waals surface area contributed by atoms with Gasteiger partial charge in [-0.1, -0.05) is 54.0 Å². The van der Waals surface area contributed by atoms with Gasteiger partial charge >= 0.3 is 5.97 Å². The molecule has 4 nitrogen and oxygen atoms in total. The SMILES string of the molecule is CC1(C)CC(=O)C=C(c2ccc(COC(=O)c3ccc(Br)cc3)cc2)C1=O. The molecule has 0 aliphatic heterocycles. The molecule has 138 valence electrons. The third-order valence-electron chi connectivity index (χ3n) is 4.50. The lowest BCUT2D eigenvalue weighted by molar-refractivity contribution is -0.127. The van der Waals surface area contributed by atoms with Crippen LogP contribution >= 0.6 is 15.9 Å². The van der Waals surface area contributed by atoms with Crippen LogP contribution in [0.15, 0.2) is 59.1 Å². The Kier molecular flexibility index (Phi) is 5.42. The molecule has 5 heteroatoms. The van der Waals surface area contributed by atoms with Crippen LogP contribution in [0.1, 0.15) is 41.8 Å². The molecule has 0 radical (unpaired) electrons. The topological polar surface area (TPSA) is 60.4 Å². The Balaban J connectivity index is 1.69. The van der Waals surface area contributed by atoms with Crippen molar-refractivity contribution in [2.24, 2.45) is 5.41 Å². The molecule has 0 aromatic heterocycles. The van der Waals surface area contributed by atoms with Crippen LogP contribution in [0.4, 0.5) is 0 Å². The van der Waals surface area contributed by atoms with E-state index < -0.39 is 11.4 Å². The summed E-state index contributed by atoms with van der Waals surface area (Å²) >= 11 is 3.32. The first-order chi connectivity index (χ1) is 12.8. The van der Waals surface area contributed by atoms with Gasteiger partial charge in [-0.3, -0.25) is 9.59 Å². The van der Waals surface area contributed by atoms with Crippen LogP contribution in [-0.4, -0.2) is 17.5 Å². The number of hydrogen-bond donors (Lipinski definition) is 0. The minimum Gasteiger partial charge on any atom is -0.457 e. The number of carbonyl (C=O) groups is 3. The van der Waals surface area contributed by atoms with Gasteiger partial charge in [-0.2, -0.15) is 0 Å². The zero-order valence-corrected chi connectivity index (χ0v) is 16.7. The van der Waals surface area contributed by atoms with Gasteiger partial charge in [-0.05, 0) is 41.5 Å². The van der Waals surface area contributed by atoms with E-state index in [1.165, 1.54) is 6.08 Å². The summed E-state index contributed by atoms with van der Waals surface area (Å²) in [7, 11) is 0. The van der Waals surface area contributed by atoms with Gasteiger partial charge in [0.1, 0.15) is 6.61 Å². The molecule has 0 saturated carbocycles. The molecule has 27 heavy (non-hydrogen) atoms. The molecule has 2 aromatic carbocycles. The minimum absolute atomic E-state index is 0.0310. The number of ether oxygens (including phenoxy) is 1. The summed E-state index contributed by atoms with van der Waals surface area (Å²) in [5.74, 6) is -0.470. The molecule has 0 bridgehead atoms. The number of benzene rings is 2. The van der Waals surface area contributed by atoms with Crippen molar-refractivity contribution < 1.29 is 19.1 Å². The average Bonchev–Trinajstić information content (AvgIpc) is 2.63. The molecule has 0 N–H and O–H groups in total. The highest BCUT2D eigenvalue weighted by molar-refractivity contribution is 9.10. The quantitative estimate of drug-likeness (QED) is 0.661. The molecule has 0 heterocycles. The van der Waals surface area contributed by atoms with Gasteiger partial charge < -0.3 is 4.74 Å². The Morgan fingerprint density at radius 3 is 2.30 bits per heavy atom. The van der Waals surface area contributed by atoms with Crippen LogP contribution in [0.3, 0.4) is 0 Å². The molecule has 0 amide bonds. The summed E-state index contributed by atoms with van der Waals surface area (Å²) in [4.78, 5) is 36.6. The van der Waals surface area contributed by atoms with Crippen LogP contribution in [0, 0.1) is 5.41 Å². The monoisotopic (exact) mass is 426 g/mol. The summed E-state index contributed by atoms with van der Waals surface area (Å²) in [6.45, 7) is 3.71. The third-order valence-corrected chi connectivity index (χ3v) is 5.02. The normalized spacial score (nSPS) is 16.0. The van der Waals surface area contributed by atoms with E-state index in [0.29, 0.717) is 16.7 Å². The zero-order chi connectivity index (χ0) is 19.6. The van der Waals surface area contributed by atoms with Crippen molar-refractivity contribution in [1.82, 2.24) is 0 Å². The fraction of sp³-hybridized carbons (Fsp3) is 0.227. The summed E-state index contributed by atoms with van der Waals surface area (Å²) in [5, 5.41) is 0. The lowest BCUT2D eigenvalue weighted by Gasteiger charge is -2.27. The molecule has 0 fully saturated rings. The Hall–Kier alpha value is -2.53. The number of hydrogen-bond acceptors (Lipinski definition) is 4. The number of carbonyl (C=O) groups excluding carboxylic acids is 3. The highest BCUT2D eigenvalue weighted by Crippen LogP contribution is 2.34. The number of esters is 1. The first-order valence-corrected chi connectivity index (χ1v) is 9.37. The third kappa shape index (κ3) is 4.42. The van der Waals surface area contributed by atoms with Crippen LogP contribution in [0.2, 0.25) is 0 Å². The Labute approximate surface area is 166 Å². The number of allylic oxidation sites excluding steroid dienone is 2. The molecular weight excluding hydrogens is 408 g/mol. The molecule has 3 rings (SSSR count). The van der Waals surface area contributed by atoms with Crippen LogP contribution in [0.5, 0.6) is 0 Å². The minimum atomic E-state index is -0.681. The zero-order valence-electron chi connectivity index (χ0n) is 15.1. The molecule has 0 spiro atoms. The van der Waals surface area contributed by atoms with E-state index in [-0.39, 0.29) is 24.6 Å². The van der Waals surface area contributed by atoms with Gasteiger partial charge in [0.25, 0.3) is 0 Å². The predicted molar refractivity (Wildman–Crippen MR) is 106 cm³/mol. The first-order valence-electron chi connectivity index (χ1n) is 8.57. The molecule has 0 unspecified atom stereocenters. The van der Waals surface area contributed by atoms with Crippen molar-refractivity contribution in [2.75, 3.05) is 0 Å². The Morgan fingerprint density at radius 1 is 1.04 bits per heavy atom. The van der Waals surface area contributed by atoms with Gasteiger partial charge in [0.05, 0.1) is 5.56 Å². The van der Waals surface area contributed by atoms with E-state index in [2.05, 4.69) is 15.9 Å². The van der Waals surface area contributed by atoms with E-state index >= 15 is 0 Å². The summed E-state index contributed by atoms with van der Waals surface area (Å²) in [5.41, 5.74) is 1.74. The van der Waals surface area contributed by atoms with Crippen molar-refractivity contribution in [2.45, 2.75) is 26.9 Å². The summed E-state index contributed by atoms with van der Waals surface area (Å²) < 4.78 is 6.21. The highest BCUT2D eigenvalue weighted by atomic mass is 79.9. The fourth-order valence-electron chi connectivity index (χ4n) is 2.97. The van der Waals surface area contributed by atoms with Gasteiger partial charge in [0, 0.05) is 21.9 Å². The smallest absolute Gasteiger partial charge is 0.338 e. The molecule has 0 saturated heterocycles. The van der Waals surface area contributed by atoms with E-state index in [0.717, 1.165) is 10.0 Å². The molecule has 2 aromatic rings. The van der Waals surface area contributed by atoms with E-state index in [1.807, 2.05) is 0 Å². The highest BCUT2D eigenvalue weighted by Gasteiger charge is 2.36. The van der Waals surface area contributed by atoms with Crippen molar-refractivity contribution in [3.8, 4) is 0 Å². The number of Topliss-reactive ketones (excluding diaryl/α,β-unsaturated/α-hetero) is 1. The maximum Gasteiger partial charge on any atom is 0.338 e. The molecular formula is C22H19BrO4. The maximum absolute atomic E-state index is 12.6. The van der Waals surface area contributed by atoms with Crippen LogP contribution in [0.25, 0.3) is 5.57 Å².